The second-order valence-corrected chi connectivity index (χ2v) is 8.27. The van der Waals surface area contributed by atoms with Gasteiger partial charge in [-0.3, -0.25) is 19.2 Å². The number of primary amides is 1. The molecule has 5 unspecified atom stereocenters. The number of H-pyrrole nitrogens is 1. The Morgan fingerprint density at radius 3 is 2.18 bits per heavy atom. The van der Waals surface area contributed by atoms with Gasteiger partial charge in [0.25, 0.3) is 0 Å². The number of carbonyl (C=O) groups excluding carboxylic acids is 4. The lowest BCUT2D eigenvalue weighted by molar-refractivity contribution is -0.142. The smallest absolute Gasteiger partial charge is 0.326 e. The topological polar surface area (TPSA) is 222 Å². The highest BCUT2D eigenvalue weighted by Gasteiger charge is 2.31. The second-order valence-electron chi connectivity index (χ2n) is 7.90. The molecule has 14 heteroatoms. The van der Waals surface area contributed by atoms with Gasteiger partial charge in [0.1, 0.15) is 18.1 Å². The number of hydrogen-bond donors (Lipinski definition) is 8. The number of carboxylic acid groups (broad SMARTS) is 1. The maximum atomic E-state index is 12.8. The molecule has 0 fully saturated rings. The Labute approximate surface area is 202 Å². The molecule has 0 bridgehead atoms. The predicted octanol–water partition coefficient (Wildman–Crippen LogP) is -1.94. The zero-order valence-electron chi connectivity index (χ0n) is 19.1. The fraction of sp³-hybridized carbons (Fsp3) is 0.600. The predicted molar refractivity (Wildman–Crippen MR) is 125 cm³/mol. The van der Waals surface area contributed by atoms with Gasteiger partial charge in [0, 0.05) is 30.5 Å². The molecular weight excluding hydrogens is 466 g/mol. The van der Waals surface area contributed by atoms with Crippen LogP contribution in [0.1, 0.15) is 38.8 Å². The van der Waals surface area contributed by atoms with Gasteiger partial charge in [-0.2, -0.15) is 12.6 Å². The van der Waals surface area contributed by atoms with E-state index in [1.54, 1.807) is 6.92 Å². The Balaban J connectivity index is 2.92. The van der Waals surface area contributed by atoms with Gasteiger partial charge in [0.15, 0.2) is 0 Å². The van der Waals surface area contributed by atoms with E-state index in [2.05, 4.69) is 38.5 Å². The monoisotopic (exact) mass is 499 g/mol. The van der Waals surface area contributed by atoms with Crippen LogP contribution in [0.25, 0.3) is 0 Å². The number of nitrogens with two attached hydrogens (primary N) is 2. The maximum absolute atomic E-state index is 12.8. The average Bonchev–Trinajstić information content (AvgIpc) is 3.31. The first-order valence-electron chi connectivity index (χ1n) is 10.8. The SMILES string of the molecule is CCC(C)C(N)C(=O)NC(CS)C(=O)NC(CCC(N)=O)C(=O)NC(Cc1cnc[nH]1)C(=O)O. The normalized spacial score (nSPS) is 15.3. The van der Waals surface area contributed by atoms with Crippen LogP contribution in [0.3, 0.4) is 0 Å². The summed E-state index contributed by atoms with van der Waals surface area (Å²) < 4.78 is 0. The highest BCUT2D eigenvalue weighted by atomic mass is 32.1. The lowest BCUT2D eigenvalue weighted by Crippen LogP contribution is -2.58. The summed E-state index contributed by atoms with van der Waals surface area (Å²) in [5.74, 6) is -4.35. The Kier molecular flexibility index (Phi) is 12.1. The van der Waals surface area contributed by atoms with Crippen molar-refractivity contribution in [1.82, 2.24) is 25.9 Å². The van der Waals surface area contributed by atoms with Crippen molar-refractivity contribution in [2.75, 3.05) is 5.75 Å². The van der Waals surface area contributed by atoms with Crippen molar-refractivity contribution in [1.29, 1.82) is 0 Å². The summed E-state index contributed by atoms with van der Waals surface area (Å²) in [7, 11) is 0. The molecule has 0 aliphatic heterocycles. The largest absolute Gasteiger partial charge is 0.480 e. The van der Waals surface area contributed by atoms with Gasteiger partial charge in [0.05, 0.1) is 12.4 Å². The average molecular weight is 500 g/mol. The molecule has 1 heterocycles. The summed E-state index contributed by atoms with van der Waals surface area (Å²) in [5.41, 5.74) is 11.5. The van der Waals surface area contributed by atoms with Crippen LogP contribution in [0.2, 0.25) is 0 Å². The molecule has 0 aliphatic carbocycles. The standard InChI is InChI=1S/C20H33N7O6S/c1-3-10(2)16(22)19(31)27-14(8-34)18(30)25-12(4-5-15(21)28)17(29)26-13(20(32)33)6-11-7-23-9-24-11/h7,9-10,12-14,16,34H,3-6,8,22H2,1-2H3,(H2,21,28)(H,23,24)(H,25,30)(H,26,29)(H,27,31)(H,32,33). The van der Waals surface area contributed by atoms with Gasteiger partial charge in [0.2, 0.25) is 23.6 Å². The lowest BCUT2D eigenvalue weighted by atomic mass is 9.99. The molecule has 1 aromatic rings. The third kappa shape index (κ3) is 9.39. The number of aromatic amines is 1. The number of carboxylic acids is 1. The van der Waals surface area contributed by atoms with Crippen LogP contribution in [0.5, 0.6) is 0 Å². The van der Waals surface area contributed by atoms with Crippen molar-refractivity contribution in [2.45, 2.75) is 63.7 Å². The third-order valence-electron chi connectivity index (χ3n) is 5.28. The van der Waals surface area contributed by atoms with Gasteiger partial charge in [-0.25, -0.2) is 9.78 Å². The van der Waals surface area contributed by atoms with Gasteiger partial charge in [-0.15, -0.1) is 0 Å². The van der Waals surface area contributed by atoms with Crippen LogP contribution < -0.4 is 27.4 Å². The molecule has 9 N–H and O–H groups in total. The number of imidazole rings is 1. The molecule has 4 amide bonds. The van der Waals surface area contributed by atoms with Crippen molar-refractivity contribution in [3.63, 3.8) is 0 Å². The van der Waals surface area contributed by atoms with Crippen LogP contribution in [0, 0.1) is 5.92 Å². The molecule has 34 heavy (non-hydrogen) atoms. The fourth-order valence-corrected chi connectivity index (χ4v) is 3.15. The van der Waals surface area contributed by atoms with Gasteiger partial charge in [-0.1, -0.05) is 20.3 Å². The Hall–Kier alpha value is -3.13. The van der Waals surface area contributed by atoms with Crippen molar-refractivity contribution < 1.29 is 29.1 Å². The van der Waals surface area contributed by atoms with Gasteiger partial charge >= 0.3 is 5.97 Å². The quantitative estimate of drug-likeness (QED) is 0.126. The molecule has 0 aromatic carbocycles. The van der Waals surface area contributed by atoms with Crippen LogP contribution in [-0.2, 0) is 30.4 Å². The molecule has 13 nitrogen and oxygen atoms in total. The molecular formula is C20H33N7O6S. The van der Waals surface area contributed by atoms with E-state index >= 15 is 0 Å². The molecule has 1 rings (SSSR count). The summed E-state index contributed by atoms with van der Waals surface area (Å²) in [6.45, 7) is 3.67. The summed E-state index contributed by atoms with van der Waals surface area (Å²) in [5, 5.41) is 16.7. The number of aromatic nitrogens is 2. The maximum Gasteiger partial charge on any atom is 0.326 e. The molecule has 0 saturated carbocycles. The zero-order chi connectivity index (χ0) is 25.8. The van der Waals surface area contributed by atoms with Crippen molar-refractivity contribution in [3.05, 3.63) is 18.2 Å². The first-order valence-corrected chi connectivity index (χ1v) is 11.4. The first kappa shape index (κ1) is 28.9. The minimum absolute atomic E-state index is 0.0830. The van der Waals surface area contributed by atoms with E-state index in [1.165, 1.54) is 12.5 Å². The summed E-state index contributed by atoms with van der Waals surface area (Å²) in [4.78, 5) is 67.3. The summed E-state index contributed by atoms with van der Waals surface area (Å²) in [6.07, 6.45) is 2.94. The van der Waals surface area contributed by atoms with E-state index in [-0.39, 0.29) is 30.9 Å². The molecule has 190 valence electrons. The number of nitrogens with zero attached hydrogens (tertiary/aromatic N) is 1. The number of amides is 4. The number of carbonyl (C=O) groups is 5. The van der Waals surface area contributed by atoms with E-state index in [0.29, 0.717) is 12.1 Å². The Morgan fingerprint density at radius 2 is 1.68 bits per heavy atom. The van der Waals surface area contributed by atoms with E-state index in [0.717, 1.165) is 0 Å². The van der Waals surface area contributed by atoms with Crippen LogP contribution in [0.4, 0.5) is 0 Å². The van der Waals surface area contributed by atoms with Gasteiger partial charge in [-0.05, 0) is 12.3 Å². The highest BCUT2D eigenvalue weighted by Crippen LogP contribution is 2.07. The number of thiol groups is 1. The van der Waals surface area contributed by atoms with E-state index in [1.807, 2.05) is 6.92 Å². The molecule has 0 saturated heterocycles. The second kappa shape index (κ2) is 14.2. The fourth-order valence-electron chi connectivity index (χ4n) is 2.89. The molecule has 1 aromatic heterocycles. The van der Waals surface area contributed by atoms with Crippen molar-refractivity contribution in [2.24, 2.45) is 17.4 Å². The van der Waals surface area contributed by atoms with Crippen LogP contribution >= 0.6 is 12.6 Å². The minimum Gasteiger partial charge on any atom is -0.480 e. The van der Waals surface area contributed by atoms with Crippen LogP contribution in [0.15, 0.2) is 12.5 Å². The summed E-state index contributed by atoms with van der Waals surface area (Å²) in [6, 6.07) is -4.57. The van der Waals surface area contributed by atoms with E-state index in [4.69, 9.17) is 11.5 Å². The van der Waals surface area contributed by atoms with Crippen molar-refractivity contribution in [3.8, 4) is 0 Å². The number of aliphatic carboxylic acids is 1. The first-order chi connectivity index (χ1) is 16.0. The zero-order valence-corrected chi connectivity index (χ0v) is 20.0. The number of rotatable bonds is 15. The number of nitrogens with one attached hydrogen (secondary N) is 4. The van der Waals surface area contributed by atoms with Crippen molar-refractivity contribution >= 4 is 42.2 Å². The molecule has 5 atom stereocenters. The molecule has 0 aliphatic rings. The van der Waals surface area contributed by atoms with E-state index < -0.39 is 53.8 Å². The highest BCUT2D eigenvalue weighted by molar-refractivity contribution is 7.80. The van der Waals surface area contributed by atoms with Gasteiger partial charge < -0.3 is 37.5 Å². The molecule has 0 radical (unpaired) electrons. The lowest BCUT2D eigenvalue weighted by Gasteiger charge is -2.25. The third-order valence-corrected chi connectivity index (χ3v) is 5.65. The Morgan fingerprint density at radius 1 is 1.09 bits per heavy atom. The van der Waals surface area contributed by atoms with E-state index in [9.17, 15) is 29.1 Å². The van der Waals surface area contributed by atoms with Crippen LogP contribution in [-0.4, -0.2) is 74.6 Å². The molecule has 0 spiro atoms. The Bertz CT molecular complexity index is 850. The number of hydrogen-bond acceptors (Lipinski definition) is 8. The summed E-state index contributed by atoms with van der Waals surface area (Å²) >= 11 is 4.09. The minimum atomic E-state index is -1.32.